The van der Waals surface area contributed by atoms with E-state index >= 15 is 0 Å². The molecule has 0 unspecified atom stereocenters. The summed E-state index contributed by atoms with van der Waals surface area (Å²) < 4.78 is 31.0. The topological polar surface area (TPSA) is 64.1 Å². The number of carbonyl (C=O) groups is 1. The normalized spacial score (nSPS) is 10.4. The smallest absolute Gasteiger partial charge is 0.264 e. The quantitative estimate of drug-likeness (QED) is 0.767. The van der Waals surface area contributed by atoms with Crippen LogP contribution in [0.1, 0.15) is 0 Å². The molecular weight excluding hydrogens is 336 g/mol. The van der Waals surface area contributed by atoms with Gasteiger partial charge >= 0.3 is 0 Å². The zero-order valence-corrected chi connectivity index (χ0v) is 13.0. The van der Waals surface area contributed by atoms with Crippen molar-refractivity contribution in [1.82, 2.24) is 9.97 Å². The number of halogens is 2. The van der Waals surface area contributed by atoms with Gasteiger partial charge in [0.15, 0.2) is 23.4 Å². The van der Waals surface area contributed by atoms with Crippen LogP contribution in [0.4, 0.5) is 13.9 Å². The van der Waals surface area contributed by atoms with Crippen LogP contribution in [-0.4, -0.2) is 22.5 Å². The molecule has 0 spiro atoms. The van der Waals surface area contributed by atoms with Crippen LogP contribution in [0.5, 0.6) is 5.75 Å². The van der Waals surface area contributed by atoms with Gasteiger partial charge in [-0.2, -0.15) is 0 Å². The Balaban J connectivity index is 1.57. The molecule has 0 saturated heterocycles. The van der Waals surface area contributed by atoms with Gasteiger partial charge in [-0.1, -0.05) is 0 Å². The van der Waals surface area contributed by atoms with Gasteiger partial charge in [0.05, 0.1) is 5.69 Å². The minimum Gasteiger partial charge on any atom is -0.484 e. The molecular formula is C16H11F2N3O2S. The molecule has 0 bridgehead atoms. The molecule has 1 amide bonds. The van der Waals surface area contributed by atoms with Crippen molar-refractivity contribution in [2.45, 2.75) is 0 Å². The van der Waals surface area contributed by atoms with E-state index in [1.54, 1.807) is 17.8 Å². The summed E-state index contributed by atoms with van der Waals surface area (Å²) in [7, 11) is 0. The summed E-state index contributed by atoms with van der Waals surface area (Å²) in [6, 6.07) is 6.69. The highest BCUT2D eigenvalue weighted by molar-refractivity contribution is 7.14. The highest BCUT2D eigenvalue weighted by atomic mass is 32.1. The number of rotatable bonds is 5. The van der Waals surface area contributed by atoms with Crippen molar-refractivity contribution in [3.05, 3.63) is 59.7 Å². The van der Waals surface area contributed by atoms with E-state index in [4.69, 9.17) is 4.74 Å². The summed E-state index contributed by atoms with van der Waals surface area (Å²) in [6.07, 6.45) is 3.31. The number of hydrogen-bond donors (Lipinski definition) is 1. The van der Waals surface area contributed by atoms with Gasteiger partial charge in [0.2, 0.25) is 0 Å². The molecule has 2 aromatic heterocycles. The SMILES string of the molecule is O=C(COc1ccc(F)c(F)c1)Nc1nc(-c2ccncc2)cs1. The lowest BCUT2D eigenvalue weighted by molar-refractivity contribution is -0.118. The number of thiazole rings is 1. The Kier molecular flexibility index (Phi) is 4.76. The molecule has 0 fully saturated rings. The highest BCUT2D eigenvalue weighted by Crippen LogP contribution is 2.24. The van der Waals surface area contributed by atoms with Crippen molar-refractivity contribution in [2.75, 3.05) is 11.9 Å². The Labute approximate surface area is 140 Å². The van der Waals surface area contributed by atoms with Gasteiger partial charge in [0, 0.05) is 29.4 Å². The van der Waals surface area contributed by atoms with Crippen molar-refractivity contribution in [3.8, 4) is 17.0 Å². The van der Waals surface area contributed by atoms with E-state index in [0.29, 0.717) is 5.13 Å². The zero-order valence-electron chi connectivity index (χ0n) is 12.2. The second kappa shape index (κ2) is 7.14. The van der Waals surface area contributed by atoms with E-state index in [1.165, 1.54) is 17.4 Å². The molecule has 0 saturated carbocycles. The summed E-state index contributed by atoms with van der Waals surface area (Å²) >= 11 is 1.27. The van der Waals surface area contributed by atoms with Crippen LogP contribution in [0.15, 0.2) is 48.1 Å². The first-order chi connectivity index (χ1) is 11.6. The number of aromatic nitrogens is 2. The second-order valence-corrected chi connectivity index (χ2v) is 5.54. The van der Waals surface area contributed by atoms with Gasteiger partial charge < -0.3 is 4.74 Å². The molecule has 5 nitrogen and oxygen atoms in total. The van der Waals surface area contributed by atoms with E-state index in [9.17, 15) is 13.6 Å². The number of amides is 1. The first kappa shape index (κ1) is 16.0. The molecule has 0 radical (unpaired) electrons. The number of benzene rings is 1. The van der Waals surface area contributed by atoms with E-state index < -0.39 is 17.5 Å². The molecule has 122 valence electrons. The Morgan fingerprint density at radius 3 is 2.71 bits per heavy atom. The second-order valence-electron chi connectivity index (χ2n) is 4.69. The van der Waals surface area contributed by atoms with Crippen LogP contribution in [0.25, 0.3) is 11.3 Å². The van der Waals surface area contributed by atoms with Crippen LogP contribution in [0, 0.1) is 11.6 Å². The Morgan fingerprint density at radius 2 is 1.96 bits per heavy atom. The Morgan fingerprint density at radius 1 is 1.17 bits per heavy atom. The maximum atomic E-state index is 13.0. The van der Waals surface area contributed by atoms with Crippen LogP contribution < -0.4 is 10.1 Å². The van der Waals surface area contributed by atoms with Crippen molar-refractivity contribution in [2.24, 2.45) is 0 Å². The standard InChI is InChI=1S/C16H11F2N3O2S/c17-12-2-1-11(7-13(12)18)23-8-15(22)21-16-20-14(9-24-16)10-3-5-19-6-4-10/h1-7,9H,8H2,(H,20,21,22). The molecule has 1 aromatic carbocycles. The zero-order chi connectivity index (χ0) is 16.9. The van der Waals surface area contributed by atoms with E-state index in [-0.39, 0.29) is 12.4 Å². The molecule has 0 atom stereocenters. The lowest BCUT2D eigenvalue weighted by Crippen LogP contribution is -2.20. The summed E-state index contributed by atoms with van der Waals surface area (Å²) in [4.78, 5) is 20.1. The third-order valence-electron chi connectivity index (χ3n) is 2.99. The van der Waals surface area contributed by atoms with Crippen LogP contribution in [0.3, 0.4) is 0 Å². The summed E-state index contributed by atoms with van der Waals surface area (Å²) in [6.45, 7) is -0.338. The fourth-order valence-corrected chi connectivity index (χ4v) is 2.59. The van der Waals surface area contributed by atoms with Gasteiger partial charge in [-0.3, -0.25) is 15.1 Å². The Hall–Kier alpha value is -2.87. The first-order valence-electron chi connectivity index (χ1n) is 6.85. The van der Waals surface area contributed by atoms with E-state index in [1.807, 2.05) is 12.1 Å². The number of hydrogen-bond acceptors (Lipinski definition) is 5. The average Bonchev–Trinajstić information content (AvgIpc) is 3.05. The first-order valence-corrected chi connectivity index (χ1v) is 7.73. The molecule has 0 aliphatic rings. The maximum absolute atomic E-state index is 13.0. The van der Waals surface area contributed by atoms with Crippen molar-refractivity contribution < 1.29 is 18.3 Å². The minimum atomic E-state index is -1.03. The molecule has 8 heteroatoms. The van der Waals surface area contributed by atoms with Gasteiger partial charge in [-0.15, -0.1) is 11.3 Å². The molecule has 24 heavy (non-hydrogen) atoms. The van der Waals surface area contributed by atoms with Crippen LogP contribution in [-0.2, 0) is 4.79 Å². The van der Waals surface area contributed by atoms with Crippen molar-refractivity contribution in [1.29, 1.82) is 0 Å². The Bertz CT molecular complexity index is 856. The molecule has 1 N–H and O–H groups in total. The molecule has 3 aromatic rings. The fraction of sp³-hybridized carbons (Fsp3) is 0.0625. The van der Waals surface area contributed by atoms with E-state index in [2.05, 4.69) is 15.3 Å². The van der Waals surface area contributed by atoms with Gasteiger partial charge in [0.25, 0.3) is 5.91 Å². The monoisotopic (exact) mass is 347 g/mol. The molecule has 3 rings (SSSR count). The fourth-order valence-electron chi connectivity index (χ4n) is 1.86. The van der Waals surface area contributed by atoms with Gasteiger partial charge in [-0.25, -0.2) is 13.8 Å². The third-order valence-corrected chi connectivity index (χ3v) is 3.75. The minimum absolute atomic E-state index is 0.0701. The number of nitrogens with one attached hydrogen (secondary N) is 1. The lowest BCUT2D eigenvalue weighted by Gasteiger charge is -2.06. The number of carbonyl (C=O) groups excluding carboxylic acids is 1. The predicted octanol–water partition coefficient (Wildman–Crippen LogP) is 3.50. The average molecular weight is 347 g/mol. The number of anilines is 1. The van der Waals surface area contributed by atoms with Crippen LogP contribution >= 0.6 is 11.3 Å². The predicted molar refractivity (Wildman–Crippen MR) is 85.8 cm³/mol. The molecule has 0 aliphatic heterocycles. The van der Waals surface area contributed by atoms with Crippen LogP contribution in [0.2, 0.25) is 0 Å². The summed E-state index contributed by atoms with van der Waals surface area (Å²) in [5.74, 6) is -2.39. The molecule has 2 heterocycles. The number of nitrogens with zero attached hydrogens (tertiary/aromatic N) is 2. The van der Waals surface area contributed by atoms with E-state index in [0.717, 1.165) is 23.4 Å². The highest BCUT2D eigenvalue weighted by Gasteiger charge is 2.10. The van der Waals surface area contributed by atoms with Gasteiger partial charge in [0.1, 0.15) is 5.75 Å². The summed E-state index contributed by atoms with van der Waals surface area (Å²) in [5, 5.41) is 4.81. The van der Waals surface area contributed by atoms with Crippen molar-refractivity contribution >= 4 is 22.4 Å². The molecule has 0 aliphatic carbocycles. The third kappa shape index (κ3) is 3.90. The van der Waals surface area contributed by atoms with Gasteiger partial charge in [-0.05, 0) is 24.3 Å². The largest absolute Gasteiger partial charge is 0.484 e. The lowest BCUT2D eigenvalue weighted by atomic mass is 10.2. The van der Waals surface area contributed by atoms with Crippen molar-refractivity contribution in [3.63, 3.8) is 0 Å². The maximum Gasteiger partial charge on any atom is 0.264 e. The summed E-state index contributed by atoms with van der Waals surface area (Å²) in [5.41, 5.74) is 1.61. The number of pyridine rings is 1. The number of ether oxygens (including phenoxy) is 1.